The van der Waals surface area contributed by atoms with Crippen LogP contribution >= 0.6 is 0 Å². The summed E-state index contributed by atoms with van der Waals surface area (Å²) in [5, 5.41) is -7.50. The first-order chi connectivity index (χ1) is 11.9. The zero-order chi connectivity index (χ0) is 23.2. The largest absolute Gasteiger partial charge is 0.458 e. The Balaban J connectivity index is 6.43. The van der Waals surface area contributed by atoms with E-state index in [2.05, 4.69) is 4.74 Å². The summed E-state index contributed by atoms with van der Waals surface area (Å²) in [5.41, 5.74) is 0. The van der Waals surface area contributed by atoms with Crippen molar-refractivity contribution in [2.45, 2.75) is 61.8 Å². The Morgan fingerprint density at radius 1 is 0.821 bits per heavy atom. The van der Waals surface area contributed by atoms with Crippen LogP contribution in [0.2, 0.25) is 0 Å². The van der Waals surface area contributed by atoms with Gasteiger partial charge >= 0.3 is 45.6 Å². The SMILES string of the molecule is CCC(C)OC(F)(F)C(F)(OC(F)(F)C(F)(F)C(F)(F)S(=O)(=O)F)C(F)(F)F. The summed E-state index contributed by atoms with van der Waals surface area (Å²) in [4.78, 5) is 0. The Hall–Kier alpha value is -1.04. The van der Waals surface area contributed by atoms with E-state index < -0.39 is 58.2 Å². The summed E-state index contributed by atoms with van der Waals surface area (Å²) < 4.78 is 193. The quantitative estimate of drug-likeness (QED) is 0.359. The van der Waals surface area contributed by atoms with Gasteiger partial charge in [-0.05, 0) is 13.3 Å². The smallest absolute Gasteiger partial charge is 0.313 e. The highest BCUT2D eigenvalue weighted by molar-refractivity contribution is 7.87. The van der Waals surface area contributed by atoms with Crippen LogP contribution in [-0.2, 0) is 19.7 Å². The summed E-state index contributed by atoms with van der Waals surface area (Å²) in [5.74, 6) is -15.0. The second kappa shape index (κ2) is 7.33. The lowest BCUT2D eigenvalue weighted by molar-refractivity contribution is -0.527. The maximum Gasteiger partial charge on any atom is 0.458 e. The molecule has 0 saturated heterocycles. The summed E-state index contributed by atoms with van der Waals surface area (Å²) in [7, 11) is -7.96. The van der Waals surface area contributed by atoms with Crippen molar-refractivity contribution in [1.82, 2.24) is 0 Å². The molecule has 0 saturated carbocycles. The van der Waals surface area contributed by atoms with Crippen molar-refractivity contribution in [3.8, 4) is 0 Å². The third-order valence-electron chi connectivity index (χ3n) is 2.97. The van der Waals surface area contributed by atoms with Crippen LogP contribution in [0.5, 0.6) is 0 Å². The lowest BCUT2D eigenvalue weighted by atomic mass is 10.2. The molecule has 0 aromatic carbocycles. The van der Waals surface area contributed by atoms with Gasteiger partial charge < -0.3 is 4.74 Å². The number of ether oxygens (including phenoxy) is 2. The Kier molecular flexibility index (Phi) is 7.06. The Labute approximate surface area is 147 Å². The van der Waals surface area contributed by atoms with Gasteiger partial charge in [0, 0.05) is 0 Å². The van der Waals surface area contributed by atoms with Crippen LogP contribution in [0.15, 0.2) is 0 Å². The van der Waals surface area contributed by atoms with E-state index in [4.69, 9.17) is 0 Å². The predicted octanol–water partition coefficient (Wildman–Crippen LogP) is 4.76. The Bertz CT molecular complexity index is 659. The van der Waals surface area contributed by atoms with Crippen LogP contribution in [0.25, 0.3) is 0 Å². The molecule has 0 bridgehead atoms. The zero-order valence-electron chi connectivity index (χ0n) is 13.2. The molecule has 0 radical (unpaired) electrons. The lowest BCUT2D eigenvalue weighted by Crippen LogP contribution is -2.66. The topological polar surface area (TPSA) is 52.6 Å². The van der Waals surface area contributed by atoms with Gasteiger partial charge in [0.1, 0.15) is 0 Å². The molecule has 0 spiro atoms. The molecule has 2 unspecified atom stereocenters. The molecule has 0 rings (SSSR count). The molecule has 0 amide bonds. The van der Waals surface area contributed by atoms with Gasteiger partial charge in [-0.3, -0.25) is 4.74 Å². The molecular formula is C10H9F13O4S. The van der Waals surface area contributed by atoms with E-state index in [-0.39, 0.29) is 0 Å². The van der Waals surface area contributed by atoms with E-state index in [0.29, 0.717) is 6.92 Å². The summed E-state index contributed by atoms with van der Waals surface area (Å²) in [6.07, 6.45) is -24.1. The molecule has 0 aromatic heterocycles. The molecule has 0 N–H and O–H groups in total. The standard InChI is InChI=1S/C10H9F13O4S/c1-3-4(2)26-9(19,20)6(13,7(14,15)16)27-8(17,18)5(11,12)10(21,22)28(23,24)25/h4H,3H2,1-2H3. The second-order valence-corrected chi connectivity index (χ2v) is 6.48. The highest BCUT2D eigenvalue weighted by atomic mass is 32.3. The second-order valence-electron chi connectivity index (χ2n) is 5.09. The average molecular weight is 472 g/mol. The van der Waals surface area contributed by atoms with Gasteiger partial charge in [0.25, 0.3) is 0 Å². The minimum Gasteiger partial charge on any atom is -0.313 e. The molecule has 0 fully saturated rings. The van der Waals surface area contributed by atoms with Crippen LogP contribution < -0.4 is 0 Å². The Morgan fingerprint density at radius 2 is 1.21 bits per heavy atom. The normalized spacial score (nSPS) is 18.7. The van der Waals surface area contributed by atoms with Crippen molar-refractivity contribution in [1.29, 1.82) is 0 Å². The van der Waals surface area contributed by atoms with Crippen LogP contribution in [0, 0.1) is 0 Å². The van der Waals surface area contributed by atoms with Crippen molar-refractivity contribution < 1.29 is 74.5 Å². The fourth-order valence-corrected chi connectivity index (χ4v) is 1.68. The minimum atomic E-state index is -7.96. The number of alkyl halides is 12. The molecule has 2 atom stereocenters. The highest BCUT2D eigenvalue weighted by Gasteiger charge is 2.85. The van der Waals surface area contributed by atoms with E-state index in [1.54, 1.807) is 4.74 Å². The van der Waals surface area contributed by atoms with Gasteiger partial charge in [-0.1, -0.05) is 10.8 Å². The fourth-order valence-electron chi connectivity index (χ4n) is 1.26. The number of hydrogen-bond acceptors (Lipinski definition) is 4. The van der Waals surface area contributed by atoms with Gasteiger partial charge in [-0.15, -0.1) is 0 Å². The number of rotatable bonds is 9. The first-order valence-corrected chi connectivity index (χ1v) is 7.88. The van der Waals surface area contributed by atoms with Crippen molar-refractivity contribution >= 4 is 10.2 Å². The predicted molar refractivity (Wildman–Crippen MR) is 61.6 cm³/mol. The van der Waals surface area contributed by atoms with Crippen LogP contribution in [0.3, 0.4) is 0 Å². The first kappa shape index (κ1) is 27.0. The van der Waals surface area contributed by atoms with Crippen LogP contribution in [-0.4, -0.2) is 49.9 Å². The number of hydrogen-bond donors (Lipinski definition) is 0. The van der Waals surface area contributed by atoms with Crippen LogP contribution in [0.1, 0.15) is 20.3 Å². The van der Waals surface area contributed by atoms with Gasteiger partial charge in [-0.25, -0.2) is 0 Å². The van der Waals surface area contributed by atoms with E-state index >= 15 is 0 Å². The first-order valence-electron chi connectivity index (χ1n) is 6.50. The molecule has 28 heavy (non-hydrogen) atoms. The molecule has 18 heteroatoms. The highest BCUT2D eigenvalue weighted by Crippen LogP contribution is 2.56. The monoisotopic (exact) mass is 472 g/mol. The third kappa shape index (κ3) is 4.42. The zero-order valence-corrected chi connectivity index (χ0v) is 14.1. The summed E-state index contributed by atoms with van der Waals surface area (Å²) in [6, 6.07) is 0. The van der Waals surface area contributed by atoms with Crippen molar-refractivity contribution in [3.63, 3.8) is 0 Å². The Morgan fingerprint density at radius 3 is 1.50 bits per heavy atom. The number of halogens is 13. The molecular weight excluding hydrogens is 463 g/mol. The van der Waals surface area contributed by atoms with Gasteiger partial charge in [0.05, 0.1) is 6.10 Å². The summed E-state index contributed by atoms with van der Waals surface area (Å²) >= 11 is 0. The minimum absolute atomic E-state index is 0.557. The molecule has 170 valence electrons. The van der Waals surface area contributed by atoms with Crippen molar-refractivity contribution in [2.75, 3.05) is 0 Å². The summed E-state index contributed by atoms with van der Waals surface area (Å²) in [6.45, 7) is 1.52. The van der Waals surface area contributed by atoms with Crippen molar-refractivity contribution in [3.05, 3.63) is 0 Å². The average Bonchev–Trinajstić information content (AvgIpc) is 2.43. The van der Waals surface area contributed by atoms with Gasteiger partial charge in [-0.2, -0.15) is 61.1 Å². The molecule has 0 heterocycles. The van der Waals surface area contributed by atoms with Gasteiger partial charge in [0.2, 0.25) is 0 Å². The molecule has 0 aromatic rings. The van der Waals surface area contributed by atoms with Gasteiger partial charge in [0.15, 0.2) is 0 Å². The lowest BCUT2D eigenvalue weighted by Gasteiger charge is -2.39. The molecule has 0 aliphatic rings. The third-order valence-corrected chi connectivity index (χ3v) is 3.84. The van der Waals surface area contributed by atoms with Crippen LogP contribution in [0.4, 0.5) is 56.6 Å². The maximum absolute atomic E-state index is 13.8. The van der Waals surface area contributed by atoms with Crippen molar-refractivity contribution in [2.24, 2.45) is 0 Å². The molecule has 0 aliphatic carbocycles. The molecule has 4 nitrogen and oxygen atoms in total. The van der Waals surface area contributed by atoms with E-state index in [1.165, 1.54) is 0 Å². The van der Waals surface area contributed by atoms with E-state index in [0.717, 1.165) is 6.92 Å². The van der Waals surface area contributed by atoms with E-state index in [1.807, 2.05) is 0 Å². The molecule has 0 aliphatic heterocycles. The fraction of sp³-hybridized carbons (Fsp3) is 1.00. The maximum atomic E-state index is 13.8. The van der Waals surface area contributed by atoms with E-state index in [9.17, 15) is 65.0 Å².